The van der Waals surface area contributed by atoms with Crippen molar-refractivity contribution < 1.29 is 0 Å². The zero-order chi connectivity index (χ0) is 14.2. The van der Waals surface area contributed by atoms with Gasteiger partial charge in [-0.3, -0.25) is 0 Å². The molecule has 0 saturated heterocycles. The summed E-state index contributed by atoms with van der Waals surface area (Å²) in [7, 11) is 0. The molecular weight excluding hydrogens is 284 g/mol. The van der Waals surface area contributed by atoms with Crippen molar-refractivity contribution in [1.82, 2.24) is 15.0 Å². The molecular formula is C16H11ClN4. The molecule has 0 aliphatic carbocycles. The normalized spacial score (nSPS) is 11.1. The minimum Gasteiger partial charge on any atom is -0.350 e. The number of aromatic nitrogens is 3. The Bertz CT molecular complexity index is 931. The third kappa shape index (κ3) is 2.10. The van der Waals surface area contributed by atoms with E-state index in [1.165, 1.54) is 0 Å². The third-order valence-electron chi connectivity index (χ3n) is 3.38. The first-order valence-corrected chi connectivity index (χ1v) is 6.93. The maximum atomic E-state index is 6.07. The number of halogens is 1. The minimum absolute atomic E-state index is 0.694. The maximum Gasteiger partial charge on any atom is 0.158 e. The van der Waals surface area contributed by atoms with Gasteiger partial charge in [-0.2, -0.15) is 0 Å². The van der Waals surface area contributed by atoms with Crippen LogP contribution in [-0.4, -0.2) is 15.0 Å². The Hall–Kier alpha value is -2.59. The zero-order valence-corrected chi connectivity index (χ0v) is 11.7. The van der Waals surface area contributed by atoms with E-state index >= 15 is 0 Å². The molecule has 21 heavy (non-hydrogen) atoms. The van der Waals surface area contributed by atoms with Crippen molar-refractivity contribution in [3.05, 3.63) is 59.9 Å². The topological polar surface area (TPSA) is 53.6 Å². The second-order valence-electron chi connectivity index (χ2n) is 4.75. The van der Waals surface area contributed by atoms with E-state index in [-0.39, 0.29) is 0 Å². The second-order valence-corrected chi connectivity index (χ2v) is 5.19. The number of rotatable bonds is 2. The Morgan fingerprint density at radius 2 is 1.86 bits per heavy atom. The highest BCUT2D eigenvalue weighted by Crippen LogP contribution is 2.30. The van der Waals surface area contributed by atoms with Gasteiger partial charge in [0.1, 0.15) is 17.4 Å². The molecule has 0 spiro atoms. The highest BCUT2D eigenvalue weighted by atomic mass is 35.5. The van der Waals surface area contributed by atoms with Gasteiger partial charge in [0.2, 0.25) is 0 Å². The third-order valence-corrected chi connectivity index (χ3v) is 3.62. The molecule has 4 rings (SSSR count). The van der Waals surface area contributed by atoms with Gasteiger partial charge in [-0.15, -0.1) is 0 Å². The van der Waals surface area contributed by atoms with Gasteiger partial charge < -0.3 is 10.3 Å². The number of nitrogens with one attached hydrogen (secondary N) is 2. The number of H-pyrrole nitrogens is 1. The molecule has 0 unspecified atom stereocenters. The summed E-state index contributed by atoms with van der Waals surface area (Å²) in [5.41, 5.74) is 3.71. The molecule has 4 aromatic rings. The Morgan fingerprint density at radius 3 is 2.71 bits per heavy atom. The zero-order valence-electron chi connectivity index (χ0n) is 11.0. The molecule has 2 aromatic carbocycles. The number of para-hydroxylation sites is 1. The molecule has 0 radical (unpaired) electrons. The Kier molecular flexibility index (Phi) is 2.75. The van der Waals surface area contributed by atoms with Crippen LogP contribution in [0.2, 0.25) is 5.02 Å². The number of fused-ring (bicyclic) bond motifs is 3. The molecule has 0 atom stereocenters. The summed E-state index contributed by atoms with van der Waals surface area (Å²) < 4.78 is 0. The van der Waals surface area contributed by atoms with Crippen molar-refractivity contribution in [2.24, 2.45) is 0 Å². The quantitative estimate of drug-likeness (QED) is 0.572. The van der Waals surface area contributed by atoms with E-state index in [9.17, 15) is 0 Å². The van der Waals surface area contributed by atoms with Gasteiger partial charge >= 0.3 is 0 Å². The average Bonchev–Trinajstić information content (AvgIpc) is 2.88. The molecule has 2 heterocycles. The molecule has 5 heteroatoms. The first-order chi connectivity index (χ1) is 10.3. The molecule has 0 aliphatic heterocycles. The Labute approximate surface area is 125 Å². The van der Waals surface area contributed by atoms with E-state index in [1.807, 2.05) is 48.5 Å². The second kappa shape index (κ2) is 4.75. The number of aromatic amines is 1. The molecule has 4 nitrogen and oxygen atoms in total. The van der Waals surface area contributed by atoms with Crippen molar-refractivity contribution in [1.29, 1.82) is 0 Å². The molecule has 0 saturated carbocycles. The van der Waals surface area contributed by atoms with Gasteiger partial charge in [-0.05, 0) is 30.3 Å². The SMILES string of the molecule is Clc1ccc2[nH]c3c(Nc4ccccc4)ncnc3c2c1. The molecule has 0 aliphatic rings. The van der Waals surface area contributed by atoms with E-state index in [2.05, 4.69) is 20.3 Å². The van der Waals surface area contributed by atoms with Crippen molar-refractivity contribution in [2.45, 2.75) is 0 Å². The monoisotopic (exact) mass is 294 g/mol. The fourth-order valence-corrected chi connectivity index (χ4v) is 2.59. The van der Waals surface area contributed by atoms with Crippen LogP contribution in [0.15, 0.2) is 54.9 Å². The fraction of sp³-hybridized carbons (Fsp3) is 0. The van der Waals surface area contributed by atoms with E-state index in [0.29, 0.717) is 5.02 Å². The smallest absolute Gasteiger partial charge is 0.158 e. The Balaban J connectivity index is 1.92. The summed E-state index contributed by atoms with van der Waals surface area (Å²) in [5, 5.41) is 5.00. The summed E-state index contributed by atoms with van der Waals surface area (Å²) in [5.74, 6) is 0.749. The number of benzene rings is 2. The molecule has 102 valence electrons. The highest BCUT2D eigenvalue weighted by molar-refractivity contribution is 6.31. The summed E-state index contributed by atoms with van der Waals surface area (Å²) in [6.45, 7) is 0. The van der Waals surface area contributed by atoms with E-state index < -0.39 is 0 Å². The van der Waals surface area contributed by atoms with Crippen molar-refractivity contribution >= 4 is 45.0 Å². The van der Waals surface area contributed by atoms with Gasteiger partial charge in [0.15, 0.2) is 5.82 Å². The molecule has 0 amide bonds. The van der Waals surface area contributed by atoms with E-state index in [0.717, 1.165) is 33.4 Å². The van der Waals surface area contributed by atoms with Crippen LogP contribution in [0.3, 0.4) is 0 Å². The maximum absolute atomic E-state index is 6.07. The molecule has 0 fully saturated rings. The summed E-state index contributed by atoms with van der Waals surface area (Å²) in [6, 6.07) is 15.6. The van der Waals surface area contributed by atoms with Gasteiger partial charge in [0.25, 0.3) is 0 Å². The van der Waals surface area contributed by atoms with Gasteiger partial charge in [-0.1, -0.05) is 29.8 Å². The van der Waals surface area contributed by atoms with Crippen LogP contribution < -0.4 is 5.32 Å². The fourth-order valence-electron chi connectivity index (χ4n) is 2.42. The first kappa shape index (κ1) is 12.2. The van der Waals surface area contributed by atoms with Crippen LogP contribution in [0, 0.1) is 0 Å². The van der Waals surface area contributed by atoms with Crippen molar-refractivity contribution in [3.63, 3.8) is 0 Å². The lowest BCUT2D eigenvalue weighted by Gasteiger charge is -2.05. The molecule has 2 aromatic heterocycles. The summed E-state index contributed by atoms with van der Waals surface area (Å²) in [4.78, 5) is 12.1. The van der Waals surface area contributed by atoms with E-state index in [4.69, 9.17) is 11.6 Å². The number of hydrogen-bond donors (Lipinski definition) is 2. The molecule has 2 N–H and O–H groups in total. The predicted octanol–water partition coefficient (Wildman–Crippen LogP) is 4.51. The van der Waals surface area contributed by atoms with Crippen LogP contribution >= 0.6 is 11.6 Å². The number of hydrogen-bond acceptors (Lipinski definition) is 3. The lowest BCUT2D eigenvalue weighted by Crippen LogP contribution is -1.95. The van der Waals surface area contributed by atoms with Crippen molar-refractivity contribution in [2.75, 3.05) is 5.32 Å². The minimum atomic E-state index is 0.694. The average molecular weight is 295 g/mol. The Morgan fingerprint density at radius 1 is 1.00 bits per heavy atom. The largest absolute Gasteiger partial charge is 0.350 e. The lowest BCUT2D eigenvalue weighted by atomic mass is 10.2. The van der Waals surface area contributed by atoms with Crippen LogP contribution in [0.4, 0.5) is 11.5 Å². The van der Waals surface area contributed by atoms with Gasteiger partial charge in [0, 0.05) is 21.6 Å². The van der Waals surface area contributed by atoms with Crippen molar-refractivity contribution in [3.8, 4) is 0 Å². The van der Waals surface area contributed by atoms with Crippen LogP contribution in [0.1, 0.15) is 0 Å². The summed E-state index contributed by atoms with van der Waals surface area (Å²) in [6.07, 6.45) is 1.56. The number of nitrogens with zero attached hydrogens (tertiary/aromatic N) is 2. The van der Waals surface area contributed by atoms with Crippen LogP contribution in [-0.2, 0) is 0 Å². The lowest BCUT2D eigenvalue weighted by molar-refractivity contribution is 1.22. The van der Waals surface area contributed by atoms with Gasteiger partial charge in [-0.25, -0.2) is 9.97 Å². The highest BCUT2D eigenvalue weighted by Gasteiger charge is 2.10. The van der Waals surface area contributed by atoms with Crippen LogP contribution in [0.5, 0.6) is 0 Å². The van der Waals surface area contributed by atoms with Crippen LogP contribution in [0.25, 0.3) is 21.9 Å². The summed E-state index contributed by atoms with van der Waals surface area (Å²) >= 11 is 6.07. The van der Waals surface area contributed by atoms with E-state index in [1.54, 1.807) is 6.33 Å². The van der Waals surface area contributed by atoms with Gasteiger partial charge in [0.05, 0.1) is 0 Å². The number of anilines is 2. The first-order valence-electron chi connectivity index (χ1n) is 6.55. The standard InChI is InChI=1S/C16H11ClN4/c17-10-6-7-13-12(8-10)14-15(21-13)16(19-9-18-14)20-11-4-2-1-3-5-11/h1-9,21H,(H,18,19,20). The predicted molar refractivity (Wildman–Crippen MR) is 86.1 cm³/mol. The molecule has 0 bridgehead atoms.